The second-order valence-corrected chi connectivity index (χ2v) is 6.93. The summed E-state index contributed by atoms with van der Waals surface area (Å²) in [7, 11) is 1.63. The number of ether oxygens (including phenoxy) is 1. The lowest BCUT2D eigenvalue weighted by atomic mass is 10.1. The van der Waals surface area contributed by atoms with Crippen LogP contribution >= 0.6 is 0 Å². The Labute approximate surface area is 164 Å². The maximum atomic E-state index is 12.5. The molecule has 4 rings (SSSR count). The van der Waals surface area contributed by atoms with Crippen molar-refractivity contribution in [1.29, 1.82) is 0 Å². The monoisotopic (exact) mass is 376 g/mol. The summed E-state index contributed by atoms with van der Waals surface area (Å²) in [4.78, 5) is 14.8. The van der Waals surface area contributed by atoms with Crippen molar-refractivity contribution in [3.05, 3.63) is 83.8 Å². The first kappa shape index (κ1) is 18.2. The molecule has 2 aromatic carbocycles. The van der Waals surface area contributed by atoms with Crippen LogP contribution in [-0.4, -0.2) is 26.1 Å². The molecule has 1 aromatic heterocycles. The molecule has 0 saturated carbocycles. The van der Waals surface area contributed by atoms with Gasteiger partial charge >= 0.3 is 0 Å². The molecule has 0 aliphatic carbocycles. The van der Waals surface area contributed by atoms with Crippen LogP contribution in [-0.2, 0) is 17.6 Å². The van der Waals surface area contributed by atoms with E-state index in [0.717, 1.165) is 30.0 Å². The lowest BCUT2D eigenvalue weighted by Crippen LogP contribution is -2.37. The number of nitrogens with zero attached hydrogens (tertiary/aromatic N) is 1. The second-order valence-electron chi connectivity index (χ2n) is 6.93. The van der Waals surface area contributed by atoms with Crippen molar-refractivity contribution >= 4 is 11.6 Å². The molecule has 0 radical (unpaired) electrons. The van der Waals surface area contributed by atoms with Gasteiger partial charge in [0.1, 0.15) is 17.6 Å². The third-order valence-corrected chi connectivity index (χ3v) is 5.19. The van der Waals surface area contributed by atoms with E-state index in [1.165, 1.54) is 11.3 Å². The van der Waals surface area contributed by atoms with Crippen LogP contribution in [0.5, 0.6) is 5.75 Å². The summed E-state index contributed by atoms with van der Waals surface area (Å²) < 4.78 is 10.9. The van der Waals surface area contributed by atoms with Crippen molar-refractivity contribution < 1.29 is 13.9 Å². The van der Waals surface area contributed by atoms with E-state index in [2.05, 4.69) is 34.5 Å². The van der Waals surface area contributed by atoms with E-state index in [9.17, 15) is 4.79 Å². The molecule has 28 heavy (non-hydrogen) atoms. The molecule has 1 atom stereocenters. The van der Waals surface area contributed by atoms with Gasteiger partial charge in [0.15, 0.2) is 0 Å². The Morgan fingerprint density at radius 3 is 2.71 bits per heavy atom. The molecule has 0 unspecified atom stereocenters. The molecule has 5 heteroatoms. The number of nitrogens with one attached hydrogen (secondary N) is 1. The normalized spacial score (nSPS) is 13.8. The van der Waals surface area contributed by atoms with Crippen LogP contribution in [0, 0.1) is 0 Å². The fourth-order valence-corrected chi connectivity index (χ4v) is 3.73. The van der Waals surface area contributed by atoms with Crippen molar-refractivity contribution in [3.8, 4) is 5.75 Å². The molecule has 0 spiro atoms. The van der Waals surface area contributed by atoms with Gasteiger partial charge < -0.3 is 19.4 Å². The molecule has 0 fully saturated rings. The van der Waals surface area contributed by atoms with E-state index in [0.29, 0.717) is 13.0 Å². The van der Waals surface area contributed by atoms with E-state index in [4.69, 9.17) is 9.15 Å². The van der Waals surface area contributed by atoms with E-state index in [1.807, 2.05) is 36.4 Å². The Kier molecular flexibility index (Phi) is 5.33. The molecule has 1 amide bonds. The standard InChI is InChI=1S/C23H24N2O3/c1-27-19-10-8-17(9-11-19)15-23(26)24-16-21(22-7-4-14-28-22)25-13-12-18-5-2-3-6-20(18)25/h2-11,14,21H,12-13,15-16H2,1H3,(H,24,26)/t21-/m0/s1. The van der Waals surface area contributed by atoms with Crippen molar-refractivity contribution in [2.45, 2.75) is 18.9 Å². The highest BCUT2D eigenvalue weighted by Crippen LogP contribution is 2.34. The Morgan fingerprint density at radius 1 is 1.14 bits per heavy atom. The largest absolute Gasteiger partial charge is 0.497 e. The zero-order valence-corrected chi connectivity index (χ0v) is 15.9. The van der Waals surface area contributed by atoms with Gasteiger partial charge in [-0.1, -0.05) is 30.3 Å². The highest BCUT2D eigenvalue weighted by atomic mass is 16.5. The molecule has 1 aliphatic heterocycles. The van der Waals surface area contributed by atoms with Gasteiger partial charge in [-0.2, -0.15) is 0 Å². The van der Waals surface area contributed by atoms with E-state index < -0.39 is 0 Å². The molecule has 5 nitrogen and oxygen atoms in total. The topological polar surface area (TPSA) is 54.7 Å². The van der Waals surface area contributed by atoms with Crippen molar-refractivity contribution in [1.82, 2.24) is 5.32 Å². The SMILES string of the molecule is COc1ccc(CC(=O)NC[C@@H](c2ccco2)N2CCc3ccccc32)cc1. The van der Waals surface area contributed by atoms with E-state index >= 15 is 0 Å². The van der Waals surface area contributed by atoms with Crippen LogP contribution in [0.1, 0.15) is 22.9 Å². The first-order valence-corrected chi connectivity index (χ1v) is 9.52. The summed E-state index contributed by atoms with van der Waals surface area (Å²) >= 11 is 0. The third kappa shape index (κ3) is 3.88. The fraction of sp³-hybridized carbons (Fsp3) is 0.261. The number of anilines is 1. The maximum absolute atomic E-state index is 12.5. The molecule has 3 aromatic rings. The molecule has 144 valence electrons. The minimum Gasteiger partial charge on any atom is -0.497 e. The molecular weight excluding hydrogens is 352 g/mol. The quantitative estimate of drug-likeness (QED) is 0.682. The number of rotatable bonds is 7. The Balaban J connectivity index is 1.44. The smallest absolute Gasteiger partial charge is 0.224 e. The number of methoxy groups -OCH3 is 1. The summed E-state index contributed by atoms with van der Waals surface area (Å²) in [5.74, 6) is 1.64. The van der Waals surface area contributed by atoms with Gasteiger partial charge in [-0.3, -0.25) is 4.79 Å². The summed E-state index contributed by atoms with van der Waals surface area (Å²) in [6.07, 6.45) is 3.03. The lowest BCUT2D eigenvalue weighted by Gasteiger charge is -2.29. The van der Waals surface area contributed by atoms with Gasteiger partial charge in [0.25, 0.3) is 0 Å². The average molecular weight is 376 g/mol. The van der Waals surface area contributed by atoms with Crippen LogP contribution < -0.4 is 15.0 Å². The van der Waals surface area contributed by atoms with Crippen molar-refractivity contribution in [2.75, 3.05) is 25.1 Å². The number of para-hydroxylation sites is 1. The zero-order valence-electron chi connectivity index (χ0n) is 15.9. The summed E-state index contributed by atoms with van der Waals surface area (Å²) in [6.45, 7) is 1.41. The number of carbonyl (C=O) groups is 1. The van der Waals surface area contributed by atoms with Crippen LogP contribution in [0.2, 0.25) is 0 Å². The minimum atomic E-state index is -0.0292. The molecule has 0 saturated heterocycles. The van der Waals surface area contributed by atoms with Gasteiger partial charge in [-0.15, -0.1) is 0 Å². The first-order chi connectivity index (χ1) is 13.7. The maximum Gasteiger partial charge on any atom is 0.224 e. The molecular formula is C23H24N2O3. The van der Waals surface area contributed by atoms with Crippen LogP contribution in [0.15, 0.2) is 71.3 Å². The van der Waals surface area contributed by atoms with Gasteiger partial charge in [-0.25, -0.2) is 0 Å². The number of fused-ring (bicyclic) bond motifs is 1. The highest BCUT2D eigenvalue weighted by molar-refractivity contribution is 5.78. The first-order valence-electron chi connectivity index (χ1n) is 9.52. The third-order valence-electron chi connectivity index (χ3n) is 5.19. The highest BCUT2D eigenvalue weighted by Gasteiger charge is 2.29. The van der Waals surface area contributed by atoms with Gasteiger partial charge in [0.05, 0.1) is 19.8 Å². The summed E-state index contributed by atoms with van der Waals surface area (Å²) in [5, 5.41) is 3.08. The van der Waals surface area contributed by atoms with Crippen LogP contribution in [0.4, 0.5) is 5.69 Å². The fourth-order valence-electron chi connectivity index (χ4n) is 3.73. The van der Waals surface area contributed by atoms with Gasteiger partial charge in [-0.05, 0) is 47.9 Å². The van der Waals surface area contributed by atoms with E-state index in [1.54, 1.807) is 13.4 Å². The molecule has 2 heterocycles. The van der Waals surface area contributed by atoms with Crippen molar-refractivity contribution in [2.24, 2.45) is 0 Å². The number of benzene rings is 2. The lowest BCUT2D eigenvalue weighted by molar-refractivity contribution is -0.120. The second kappa shape index (κ2) is 8.21. The van der Waals surface area contributed by atoms with Crippen LogP contribution in [0.3, 0.4) is 0 Å². The number of hydrogen-bond acceptors (Lipinski definition) is 4. The van der Waals surface area contributed by atoms with Crippen LogP contribution in [0.25, 0.3) is 0 Å². The Bertz CT molecular complexity index is 919. The molecule has 0 bridgehead atoms. The van der Waals surface area contributed by atoms with Crippen molar-refractivity contribution in [3.63, 3.8) is 0 Å². The number of furan rings is 1. The predicted octanol–water partition coefficient (Wildman–Crippen LogP) is 3.75. The number of carbonyl (C=O) groups excluding carboxylic acids is 1. The molecule has 1 N–H and O–H groups in total. The molecule has 1 aliphatic rings. The summed E-state index contributed by atoms with van der Waals surface area (Å²) in [5.41, 5.74) is 3.51. The minimum absolute atomic E-state index is 0.00537. The van der Waals surface area contributed by atoms with Gasteiger partial charge in [0.2, 0.25) is 5.91 Å². The zero-order chi connectivity index (χ0) is 19.3. The Hall–Kier alpha value is -3.21. The average Bonchev–Trinajstić information content (AvgIpc) is 3.40. The van der Waals surface area contributed by atoms with E-state index in [-0.39, 0.29) is 11.9 Å². The van der Waals surface area contributed by atoms with Gasteiger partial charge in [0, 0.05) is 18.8 Å². The number of hydrogen-bond donors (Lipinski definition) is 1. The predicted molar refractivity (Wildman–Crippen MR) is 109 cm³/mol. The summed E-state index contributed by atoms with van der Waals surface area (Å²) in [6, 6.07) is 19.8. The Morgan fingerprint density at radius 2 is 1.96 bits per heavy atom. The number of amides is 1.